The minimum absolute atomic E-state index is 0.212. The first-order valence-electron chi connectivity index (χ1n) is 5.01. The molecule has 0 fully saturated rings. The Balaban J connectivity index is 3.72. The summed E-state index contributed by atoms with van der Waals surface area (Å²) in [6.07, 6.45) is 0.483. The van der Waals surface area contributed by atoms with Gasteiger partial charge >= 0.3 is 0 Å². The number of hydrogen-bond donors (Lipinski definition) is 3. The molecule has 0 aliphatic heterocycles. The van der Waals surface area contributed by atoms with E-state index in [0.717, 1.165) is 0 Å². The number of aliphatic hydroxyl groups is 2. The second-order valence-corrected chi connectivity index (χ2v) is 3.35. The van der Waals surface area contributed by atoms with Gasteiger partial charge in [-0.2, -0.15) is 0 Å². The van der Waals surface area contributed by atoms with Gasteiger partial charge in [-0.3, -0.25) is 9.69 Å². The van der Waals surface area contributed by atoms with Crippen molar-refractivity contribution < 1.29 is 15.0 Å². The molecule has 5 nitrogen and oxygen atoms in total. The highest BCUT2D eigenvalue weighted by Gasteiger charge is 2.14. The summed E-state index contributed by atoms with van der Waals surface area (Å²) < 4.78 is 0. The van der Waals surface area contributed by atoms with Gasteiger partial charge in [0.25, 0.3) is 0 Å². The lowest BCUT2D eigenvalue weighted by Gasteiger charge is -2.27. The van der Waals surface area contributed by atoms with Crippen molar-refractivity contribution in [3.8, 4) is 0 Å². The largest absolute Gasteiger partial charge is 0.379 e. The van der Waals surface area contributed by atoms with Crippen LogP contribution in [0.25, 0.3) is 0 Å². The Morgan fingerprint density at radius 1 is 1.47 bits per heavy atom. The quantitative estimate of drug-likeness (QED) is 0.309. The molecular formula is C10H20N2O3. The van der Waals surface area contributed by atoms with E-state index < -0.39 is 12.5 Å². The molecule has 0 aromatic rings. The van der Waals surface area contributed by atoms with E-state index in [4.69, 9.17) is 0 Å². The van der Waals surface area contributed by atoms with Gasteiger partial charge in [0, 0.05) is 13.1 Å². The molecule has 0 spiro atoms. The fourth-order valence-electron chi connectivity index (χ4n) is 1.23. The number of hydrogen-bond acceptors (Lipinski definition) is 4. The predicted molar refractivity (Wildman–Crippen MR) is 57.9 cm³/mol. The number of carbonyl (C=O) groups is 1. The van der Waals surface area contributed by atoms with E-state index in [2.05, 4.69) is 11.9 Å². The zero-order chi connectivity index (χ0) is 11.8. The molecule has 2 atom stereocenters. The highest BCUT2D eigenvalue weighted by Crippen LogP contribution is 2.01. The number of amides is 1. The maximum absolute atomic E-state index is 10.8. The van der Waals surface area contributed by atoms with Crippen LogP contribution >= 0.6 is 0 Å². The van der Waals surface area contributed by atoms with Crippen molar-refractivity contribution in [3.05, 3.63) is 12.7 Å². The van der Waals surface area contributed by atoms with Crippen molar-refractivity contribution in [3.63, 3.8) is 0 Å². The summed E-state index contributed by atoms with van der Waals surface area (Å²) in [6.45, 7) is 7.53. The average Bonchev–Trinajstić information content (AvgIpc) is 2.15. The Labute approximate surface area is 90.4 Å². The number of rotatable bonds is 7. The third kappa shape index (κ3) is 6.22. The molecule has 0 saturated carbocycles. The fourth-order valence-corrected chi connectivity index (χ4v) is 1.23. The van der Waals surface area contributed by atoms with Gasteiger partial charge in [-0.1, -0.05) is 6.58 Å². The molecule has 0 aliphatic carbocycles. The van der Waals surface area contributed by atoms with E-state index in [1.54, 1.807) is 13.8 Å². The van der Waals surface area contributed by atoms with Crippen molar-refractivity contribution in [2.75, 3.05) is 13.1 Å². The fraction of sp³-hybridized carbons (Fsp3) is 0.700. The van der Waals surface area contributed by atoms with E-state index in [1.165, 1.54) is 11.0 Å². The van der Waals surface area contributed by atoms with Crippen molar-refractivity contribution >= 4 is 5.91 Å². The van der Waals surface area contributed by atoms with Gasteiger partial charge in [0.15, 0.2) is 0 Å². The summed E-state index contributed by atoms with van der Waals surface area (Å²) in [5.41, 5.74) is 0. The Hall–Kier alpha value is -0.910. The van der Waals surface area contributed by atoms with E-state index in [9.17, 15) is 15.0 Å². The monoisotopic (exact) mass is 216 g/mol. The first kappa shape index (κ1) is 14.1. The molecule has 0 radical (unpaired) electrons. The first-order chi connectivity index (χ1) is 6.99. The first-order valence-corrected chi connectivity index (χ1v) is 5.01. The van der Waals surface area contributed by atoms with Gasteiger partial charge < -0.3 is 15.5 Å². The Bertz CT molecular complexity index is 197. The third-order valence-corrected chi connectivity index (χ3v) is 2.04. The maximum atomic E-state index is 10.8. The normalized spacial score (nSPS) is 14.7. The lowest BCUT2D eigenvalue weighted by Crippen LogP contribution is -2.41. The Morgan fingerprint density at radius 2 is 2.00 bits per heavy atom. The third-order valence-electron chi connectivity index (χ3n) is 2.04. The molecule has 3 N–H and O–H groups in total. The van der Waals surface area contributed by atoms with Crippen LogP contribution < -0.4 is 5.32 Å². The molecule has 2 unspecified atom stereocenters. The minimum Gasteiger partial charge on any atom is -0.379 e. The Kier molecular flexibility index (Phi) is 6.94. The van der Waals surface area contributed by atoms with Crippen molar-refractivity contribution in [2.45, 2.75) is 32.7 Å². The van der Waals surface area contributed by atoms with Crippen LogP contribution in [-0.2, 0) is 4.79 Å². The van der Waals surface area contributed by atoms with Crippen LogP contribution in [-0.4, -0.2) is 46.6 Å². The van der Waals surface area contributed by atoms with E-state index >= 15 is 0 Å². The van der Waals surface area contributed by atoms with Crippen LogP contribution in [0.15, 0.2) is 12.7 Å². The van der Waals surface area contributed by atoms with Gasteiger partial charge in [0.2, 0.25) is 5.91 Å². The summed E-state index contributed by atoms with van der Waals surface area (Å²) in [7, 11) is 0. The summed E-state index contributed by atoms with van der Waals surface area (Å²) >= 11 is 0. The second-order valence-electron chi connectivity index (χ2n) is 3.35. The van der Waals surface area contributed by atoms with Gasteiger partial charge in [0.1, 0.15) is 12.5 Å². The summed E-state index contributed by atoms with van der Waals surface area (Å²) in [4.78, 5) is 12.3. The van der Waals surface area contributed by atoms with Crippen LogP contribution in [0.4, 0.5) is 0 Å². The van der Waals surface area contributed by atoms with Gasteiger partial charge in [-0.15, -0.1) is 0 Å². The molecule has 5 heteroatoms. The topological polar surface area (TPSA) is 72.8 Å². The highest BCUT2D eigenvalue weighted by molar-refractivity contribution is 5.86. The van der Waals surface area contributed by atoms with Crippen LogP contribution in [0.2, 0.25) is 0 Å². The lowest BCUT2D eigenvalue weighted by atomic mass is 10.3. The maximum Gasteiger partial charge on any atom is 0.243 e. The van der Waals surface area contributed by atoms with Crippen LogP contribution in [0, 0.1) is 0 Å². The molecule has 0 aromatic carbocycles. The number of aliphatic hydroxyl groups excluding tert-OH is 2. The molecule has 88 valence electrons. The summed E-state index contributed by atoms with van der Waals surface area (Å²) in [5.74, 6) is -0.212. The van der Waals surface area contributed by atoms with Crippen LogP contribution in [0.3, 0.4) is 0 Å². The molecule has 15 heavy (non-hydrogen) atoms. The average molecular weight is 216 g/mol. The molecule has 0 heterocycles. The van der Waals surface area contributed by atoms with Crippen molar-refractivity contribution in [1.29, 1.82) is 0 Å². The van der Waals surface area contributed by atoms with Gasteiger partial charge in [-0.05, 0) is 26.3 Å². The van der Waals surface area contributed by atoms with E-state index in [1.807, 2.05) is 0 Å². The van der Waals surface area contributed by atoms with E-state index in [-0.39, 0.29) is 5.91 Å². The van der Waals surface area contributed by atoms with Gasteiger partial charge in [0.05, 0.1) is 0 Å². The number of nitrogens with one attached hydrogen (secondary N) is 1. The molecule has 0 saturated heterocycles. The zero-order valence-corrected chi connectivity index (χ0v) is 9.31. The zero-order valence-electron chi connectivity index (χ0n) is 9.31. The van der Waals surface area contributed by atoms with Crippen LogP contribution in [0.1, 0.15) is 20.3 Å². The SMILES string of the molecule is C=CC(=O)NCCCN(C(C)O)C(C)O. The van der Waals surface area contributed by atoms with Crippen LogP contribution in [0.5, 0.6) is 0 Å². The standard InChI is InChI=1S/C10H20N2O3/c1-4-10(15)11-6-5-7-12(8(2)13)9(3)14/h4,8-9,13-14H,1,5-7H2,2-3H3,(H,11,15). The number of carbonyl (C=O) groups excluding carboxylic acids is 1. The molecule has 0 aromatic heterocycles. The van der Waals surface area contributed by atoms with Crippen molar-refractivity contribution in [2.24, 2.45) is 0 Å². The molecule has 1 amide bonds. The van der Waals surface area contributed by atoms with Crippen molar-refractivity contribution in [1.82, 2.24) is 10.2 Å². The lowest BCUT2D eigenvalue weighted by molar-refractivity contribution is -0.116. The highest BCUT2D eigenvalue weighted by atomic mass is 16.3. The molecule has 0 bridgehead atoms. The number of nitrogens with zero attached hydrogens (tertiary/aromatic N) is 1. The van der Waals surface area contributed by atoms with E-state index in [0.29, 0.717) is 19.5 Å². The molecular weight excluding hydrogens is 196 g/mol. The van der Waals surface area contributed by atoms with Gasteiger partial charge in [-0.25, -0.2) is 0 Å². The Morgan fingerprint density at radius 3 is 2.40 bits per heavy atom. The smallest absolute Gasteiger partial charge is 0.243 e. The summed E-state index contributed by atoms with van der Waals surface area (Å²) in [6, 6.07) is 0. The second kappa shape index (κ2) is 7.39. The summed E-state index contributed by atoms with van der Waals surface area (Å²) in [5, 5.41) is 21.2. The molecule has 0 aliphatic rings. The minimum atomic E-state index is -0.694. The predicted octanol–water partition coefficient (Wildman–Crippen LogP) is -0.343. The molecule has 0 rings (SSSR count).